The minimum Gasteiger partial charge on any atom is -0.465 e. The number of esters is 1. The van der Waals surface area contributed by atoms with Crippen LogP contribution in [0.2, 0.25) is 10.0 Å². The van der Waals surface area contributed by atoms with Crippen LogP contribution in [0.4, 0.5) is 17.2 Å². The van der Waals surface area contributed by atoms with E-state index in [-0.39, 0.29) is 0 Å². The van der Waals surface area contributed by atoms with Gasteiger partial charge in [-0.05, 0) is 25.2 Å². The lowest BCUT2D eigenvalue weighted by molar-refractivity contribution is 0.0601. The van der Waals surface area contributed by atoms with Crippen LogP contribution in [-0.4, -0.2) is 60.6 Å². The first-order valence-corrected chi connectivity index (χ1v) is 10.9. The molecule has 0 bridgehead atoms. The van der Waals surface area contributed by atoms with E-state index in [0.29, 0.717) is 32.6 Å². The van der Waals surface area contributed by atoms with Crippen LogP contribution in [0.3, 0.4) is 0 Å². The fourth-order valence-corrected chi connectivity index (χ4v) is 4.46. The molecule has 7 nitrogen and oxygen atoms in total. The van der Waals surface area contributed by atoms with Crippen LogP contribution in [0.1, 0.15) is 10.4 Å². The average molecular weight is 513 g/mol. The molecular formula is C20H20BrCl2N5O2. The summed E-state index contributed by atoms with van der Waals surface area (Å²) in [6.45, 7) is 3.63. The predicted molar refractivity (Wildman–Crippen MR) is 124 cm³/mol. The van der Waals surface area contributed by atoms with Gasteiger partial charge in [-0.25, -0.2) is 9.78 Å². The van der Waals surface area contributed by atoms with Crippen LogP contribution >= 0.6 is 39.1 Å². The fraction of sp³-hybridized carbons (Fsp3) is 0.300. The van der Waals surface area contributed by atoms with Gasteiger partial charge in [-0.1, -0.05) is 39.1 Å². The highest BCUT2D eigenvalue weighted by Crippen LogP contribution is 2.37. The summed E-state index contributed by atoms with van der Waals surface area (Å²) in [6, 6.07) is 5.41. The Bertz CT molecular complexity index is 1110. The van der Waals surface area contributed by atoms with Gasteiger partial charge in [0, 0.05) is 36.8 Å². The Morgan fingerprint density at radius 3 is 2.63 bits per heavy atom. The highest BCUT2D eigenvalue weighted by atomic mass is 79.9. The maximum Gasteiger partial charge on any atom is 0.341 e. The molecule has 0 saturated carbocycles. The zero-order chi connectivity index (χ0) is 21.4. The molecule has 0 radical (unpaired) electrons. The maximum atomic E-state index is 12.6. The highest BCUT2D eigenvalue weighted by molar-refractivity contribution is 9.10. The van der Waals surface area contributed by atoms with E-state index in [1.54, 1.807) is 24.5 Å². The molecule has 30 heavy (non-hydrogen) atoms. The van der Waals surface area contributed by atoms with Gasteiger partial charge in [-0.2, -0.15) is 0 Å². The Hall–Kier alpha value is -2.00. The van der Waals surface area contributed by atoms with Gasteiger partial charge in [0.2, 0.25) is 0 Å². The number of benzene rings is 1. The quantitative estimate of drug-likeness (QED) is 0.512. The van der Waals surface area contributed by atoms with Gasteiger partial charge in [0.1, 0.15) is 16.4 Å². The van der Waals surface area contributed by atoms with E-state index in [9.17, 15) is 4.79 Å². The normalized spacial score (nSPS) is 14.9. The third kappa shape index (κ3) is 3.97. The fourth-order valence-electron chi connectivity index (χ4n) is 3.45. The van der Waals surface area contributed by atoms with Gasteiger partial charge >= 0.3 is 5.97 Å². The van der Waals surface area contributed by atoms with E-state index in [2.05, 4.69) is 43.1 Å². The minimum atomic E-state index is -0.507. The number of halogens is 3. The van der Waals surface area contributed by atoms with Gasteiger partial charge in [0.15, 0.2) is 5.65 Å². The number of anilines is 3. The molecule has 1 aliphatic heterocycles. The summed E-state index contributed by atoms with van der Waals surface area (Å²) >= 11 is 16.5. The predicted octanol–water partition coefficient (Wildman–Crippen LogP) is 4.69. The summed E-state index contributed by atoms with van der Waals surface area (Å²) in [5.74, 6) is 0.380. The molecule has 1 N–H and O–H groups in total. The number of aromatic nitrogens is 2. The molecule has 3 heterocycles. The van der Waals surface area contributed by atoms with Crippen molar-refractivity contribution in [3.8, 4) is 0 Å². The van der Waals surface area contributed by atoms with Crippen LogP contribution < -0.4 is 10.2 Å². The Balaban J connectivity index is 1.82. The molecule has 2 aromatic heterocycles. The number of hydrogen-bond acceptors (Lipinski definition) is 6. The third-order valence-electron chi connectivity index (χ3n) is 5.14. The number of imidazole rings is 1. The molecule has 0 spiro atoms. The summed E-state index contributed by atoms with van der Waals surface area (Å²) in [4.78, 5) is 21.6. The Morgan fingerprint density at radius 1 is 1.23 bits per heavy atom. The SMILES string of the molecule is COC(=O)c1cn2c(N3CCN(C)CC3)cnc2c(Cl)c1Nc1ccc(Br)cc1Cl. The van der Waals surface area contributed by atoms with E-state index in [1.807, 2.05) is 10.5 Å². The highest BCUT2D eigenvalue weighted by Gasteiger charge is 2.24. The van der Waals surface area contributed by atoms with Crippen molar-refractivity contribution in [2.75, 3.05) is 50.6 Å². The van der Waals surface area contributed by atoms with Crippen molar-refractivity contribution in [3.05, 3.63) is 50.7 Å². The van der Waals surface area contributed by atoms with E-state index in [1.165, 1.54) is 7.11 Å². The van der Waals surface area contributed by atoms with Gasteiger partial charge in [0.25, 0.3) is 0 Å². The summed E-state index contributed by atoms with van der Waals surface area (Å²) in [7, 11) is 3.44. The second-order valence-corrected chi connectivity index (χ2v) is 8.77. The largest absolute Gasteiger partial charge is 0.465 e. The number of carbonyl (C=O) groups excluding carboxylic acids is 1. The minimum absolute atomic E-state index is 0.294. The maximum absolute atomic E-state index is 12.6. The number of methoxy groups -OCH3 is 1. The monoisotopic (exact) mass is 511 g/mol. The lowest BCUT2D eigenvalue weighted by atomic mass is 10.2. The second-order valence-electron chi connectivity index (χ2n) is 7.07. The molecule has 0 unspecified atom stereocenters. The van der Waals surface area contributed by atoms with Crippen LogP contribution in [0, 0.1) is 0 Å². The number of piperazine rings is 1. The Labute approximate surface area is 192 Å². The van der Waals surface area contributed by atoms with Crippen molar-refractivity contribution in [3.63, 3.8) is 0 Å². The molecule has 0 aliphatic carbocycles. The van der Waals surface area contributed by atoms with Crippen molar-refractivity contribution in [2.45, 2.75) is 0 Å². The number of nitrogens with zero attached hydrogens (tertiary/aromatic N) is 4. The van der Waals surface area contributed by atoms with Crippen molar-refractivity contribution in [1.82, 2.24) is 14.3 Å². The molecule has 1 fully saturated rings. The number of fused-ring (bicyclic) bond motifs is 1. The first-order valence-electron chi connectivity index (χ1n) is 9.32. The van der Waals surface area contributed by atoms with Crippen LogP contribution in [0.5, 0.6) is 0 Å². The average Bonchev–Trinajstić information content (AvgIpc) is 3.15. The van der Waals surface area contributed by atoms with Gasteiger partial charge in [-0.15, -0.1) is 0 Å². The molecule has 3 aromatic rings. The smallest absolute Gasteiger partial charge is 0.341 e. The summed E-state index contributed by atoms with van der Waals surface area (Å²) in [5, 5.41) is 3.98. The zero-order valence-corrected chi connectivity index (χ0v) is 19.6. The number of rotatable bonds is 4. The molecule has 158 valence electrons. The van der Waals surface area contributed by atoms with Crippen molar-refractivity contribution in [1.29, 1.82) is 0 Å². The Morgan fingerprint density at radius 2 is 1.97 bits per heavy atom. The van der Waals surface area contributed by atoms with Crippen LogP contribution in [0.15, 0.2) is 35.1 Å². The number of pyridine rings is 1. The summed E-state index contributed by atoms with van der Waals surface area (Å²) < 4.78 is 7.70. The van der Waals surface area contributed by atoms with E-state index < -0.39 is 5.97 Å². The zero-order valence-electron chi connectivity index (χ0n) is 16.5. The van der Waals surface area contributed by atoms with Crippen LogP contribution in [0.25, 0.3) is 5.65 Å². The lowest BCUT2D eigenvalue weighted by Crippen LogP contribution is -2.44. The molecule has 0 amide bonds. The standard InChI is InChI=1S/C20H20BrCl2N5O2/c1-26-5-7-27(8-6-26)16-10-24-19-17(23)18(13(11-28(16)19)20(29)30-2)25-15-4-3-12(21)9-14(15)22/h3-4,9-11,25H,5-8H2,1-2H3. The van der Waals surface area contributed by atoms with Gasteiger partial charge in [-0.3, -0.25) is 4.40 Å². The molecule has 10 heteroatoms. The van der Waals surface area contributed by atoms with Crippen LogP contribution in [-0.2, 0) is 4.74 Å². The first kappa shape index (κ1) is 21.2. The van der Waals surface area contributed by atoms with E-state index in [4.69, 9.17) is 27.9 Å². The molecule has 4 rings (SSSR count). The third-order valence-corrected chi connectivity index (χ3v) is 6.31. The molecule has 1 aliphatic rings. The summed E-state index contributed by atoms with van der Waals surface area (Å²) in [6.07, 6.45) is 3.49. The number of carbonyl (C=O) groups is 1. The molecule has 1 saturated heterocycles. The summed E-state index contributed by atoms with van der Waals surface area (Å²) in [5.41, 5.74) is 1.86. The van der Waals surface area contributed by atoms with E-state index in [0.717, 1.165) is 36.5 Å². The van der Waals surface area contributed by atoms with Gasteiger partial charge < -0.3 is 19.9 Å². The molecule has 0 atom stereocenters. The van der Waals surface area contributed by atoms with Crippen molar-refractivity contribution in [2.24, 2.45) is 0 Å². The molecule has 1 aromatic carbocycles. The Kier molecular flexibility index (Phi) is 6.11. The second kappa shape index (κ2) is 8.63. The topological polar surface area (TPSA) is 62.1 Å². The number of hydrogen-bond donors (Lipinski definition) is 1. The first-order chi connectivity index (χ1) is 14.4. The van der Waals surface area contributed by atoms with Gasteiger partial charge in [0.05, 0.1) is 29.7 Å². The number of nitrogens with one attached hydrogen (secondary N) is 1. The number of ether oxygens (including phenoxy) is 1. The molecular weight excluding hydrogens is 493 g/mol. The number of likely N-dealkylation sites (N-methyl/N-ethyl adjacent to an activating group) is 1. The van der Waals surface area contributed by atoms with E-state index >= 15 is 0 Å². The van der Waals surface area contributed by atoms with Crippen molar-refractivity contribution >= 4 is 67.9 Å². The van der Waals surface area contributed by atoms with Crippen molar-refractivity contribution < 1.29 is 9.53 Å². The lowest BCUT2D eigenvalue weighted by Gasteiger charge is -2.33.